The lowest BCUT2D eigenvalue weighted by Gasteiger charge is -2.25. The Labute approximate surface area is 111 Å². The van der Waals surface area contributed by atoms with Crippen molar-refractivity contribution >= 4 is 17.0 Å². The molecule has 0 saturated heterocycles. The maximum atomic E-state index is 10.9. The number of carbonyl (C=O) groups is 1. The van der Waals surface area contributed by atoms with Crippen molar-refractivity contribution in [1.82, 2.24) is 15.0 Å². The molecule has 19 heavy (non-hydrogen) atoms. The standard InChI is InChI=1S/C14H17N3O2/c18-13(19)9-11-5-2-6-12-14(11)17(16-15-12)8-7-10-3-1-4-10/h2,5-6,10H,1,3-4,7-9H2,(H,18,19). The van der Waals surface area contributed by atoms with E-state index in [0.29, 0.717) is 0 Å². The minimum absolute atomic E-state index is 0.0220. The molecule has 0 atom stereocenters. The van der Waals surface area contributed by atoms with Gasteiger partial charge in [-0.05, 0) is 24.0 Å². The average molecular weight is 259 g/mol. The van der Waals surface area contributed by atoms with Crippen LogP contribution in [0.5, 0.6) is 0 Å². The lowest BCUT2D eigenvalue weighted by atomic mass is 9.83. The summed E-state index contributed by atoms with van der Waals surface area (Å²) in [6, 6.07) is 5.57. The Kier molecular flexibility index (Phi) is 3.19. The third-order valence-electron chi connectivity index (χ3n) is 3.93. The third kappa shape index (κ3) is 2.45. The number of para-hydroxylation sites is 1. The maximum Gasteiger partial charge on any atom is 0.307 e. The van der Waals surface area contributed by atoms with Crippen LogP contribution in [0.3, 0.4) is 0 Å². The van der Waals surface area contributed by atoms with Gasteiger partial charge < -0.3 is 5.11 Å². The van der Waals surface area contributed by atoms with Crippen molar-refractivity contribution in [2.75, 3.05) is 0 Å². The molecular weight excluding hydrogens is 242 g/mol. The second-order valence-electron chi connectivity index (χ2n) is 5.25. The van der Waals surface area contributed by atoms with Crippen molar-refractivity contribution in [3.05, 3.63) is 23.8 Å². The molecule has 0 spiro atoms. The van der Waals surface area contributed by atoms with Crippen molar-refractivity contribution in [3.63, 3.8) is 0 Å². The number of hydrogen-bond acceptors (Lipinski definition) is 3. The Bertz CT molecular complexity index is 602. The van der Waals surface area contributed by atoms with E-state index in [1.165, 1.54) is 19.3 Å². The molecule has 0 radical (unpaired) electrons. The molecule has 1 aromatic carbocycles. The summed E-state index contributed by atoms with van der Waals surface area (Å²) in [6.07, 6.45) is 5.10. The van der Waals surface area contributed by atoms with E-state index in [0.717, 1.165) is 35.5 Å². The average Bonchev–Trinajstić information content (AvgIpc) is 2.71. The van der Waals surface area contributed by atoms with Gasteiger partial charge in [0.05, 0.1) is 11.9 Å². The van der Waals surface area contributed by atoms with Gasteiger partial charge in [-0.15, -0.1) is 5.10 Å². The lowest BCUT2D eigenvalue weighted by Crippen LogP contribution is -2.15. The molecule has 3 rings (SSSR count). The molecule has 1 heterocycles. The van der Waals surface area contributed by atoms with Crippen LogP contribution in [0.2, 0.25) is 0 Å². The van der Waals surface area contributed by atoms with Gasteiger partial charge in [-0.2, -0.15) is 0 Å². The molecule has 100 valence electrons. The number of carboxylic acids is 1. The summed E-state index contributed by atoms with van der Waals surface area (Å²) in [7, 11) is 0. The van der Waals surface area contributed by atoms with Gasteiger partial charge in [-0.1, -0.05) is 36.6 Å². The Balaban J connectivity index is 1.87. The molecule has 1 fully saturated rings. The first-order valence-electron chi connectivity index (χ1n) is 6.77. The summed E-state index contributed by atoms with van der Waals surface area (Å²) in [4.78, 5) is 10.9. The molecule has 2 aromatic rings. The molecule has 1 N–H and O–H groups in total. The number of aryl methyl sites for hydroxylation is 1. The topological polar surface area (TPSA) is 68.0 Å². The number of aliphatic carboxylic acids is 1. The van der Waals surface area contributed by atoms with E-state index >= 15 is 0 Å². The Morgan fingerprint density at radius 1 is 1.42 bits per heavy atom. The fourth-order valence-electron chi connectivity index (χ4n) is 2.65. The van der Waals surface area contributed by atoms with Gasteiger partial charge in [-0.3, -0.25) is 4.79 Å². The highest BCUT2D eigenvalue weighted by Gasteiger charge is 2.18. The second kappa shape index (κ2) is 4.99. The minimum Gasteiger partial charge on any atom is -0.481 e. The van der Waals surface area contributed by atoms with Gasteiger partial charge in [0.1, 0.15) is 5.52 Å². The van der Waals surface area contributed by atoms with E-state index in [-0.39, 0.29) is 6.42 Å². The van der Waals surface area contributed by atoms with Gasteiger partial charge >= 0.3 is 5.97 Å². The number of fused-ring (bicyclic) bond motifs is 1. The fourth-order valence-corrected chi connectivity index (χ4v) is 2.65. The number of rotatable bonds is 5. The number of aromatic nitrogens is 3. The van der Waals surface area contributed by atoms with Crippen LogP contribution < -0.4 is 0 Å². The third-order valence-corrected chi connectivity index (χ3v) is 3.93. The fraction of sp³-hybridized carbons (Fsp3) is 0.500. The summed E-state index contributed by atoms with van der Waals surface area (Å²) >= 11 is 0. The van der Waals surface area contributed by atoms with E-state index in [4.69, 9.17) is 5.11 Å². The summed E-state index contributed by atoms with van der Waals surface area (Å²) < 4.78 is 1.87. The maximum absolute atomic E-state index is 10.9. The second-order valence-corrected chi connectivity index (χ2v) is 5.25. The largest absolute Gasteiger partial charge is 0.481 e. The molecular formula is C14H17N3O2. The summed E-state index contributed by atoms with van der Waals surface area (Å²) in [5.74, 6) is -0.00914. The first-order valence-corrected chi connectivity index (χ1v) is 6.77. The zero-order valence-electron chi connectivity index (χ0n) is 10.7. The predicted octanol–water partition coefficient (Wildman–Crippen LogP) is 2.25. The van der Waals surface area contributed by atoms with Gasteiger partial charge in [0.15, 0.2) is 0 Å². The highest BCUT2D eigenvalue weighted by molar-refractivity contribution is 5.83. The molecule has 0 amide bonds. The van der Waals surface area contributed by atoms with Crippen LogP contribution in [-0.4, -0.2) is 26.1 Å². The molecule has 0 unspecified atom stereocenters. The number of nitrogens with zero attached hydrogens (tertiary/aromatic N) is 3. The monoisotopic (exact) mass is 259 g/mol. The molecule has 0 bridgehead atoms. The molecule has 1 aromatic heterocycles. The summed E-state index contributed by atoms with van der Waals surface area (Å²) in [6.45, 7) is 0.831. The van der Waals surface area contributed by atoms with Crippen LogP contribution >= 0.6 is 0 Å². The van der Waals surface area contributed by atoms with Gasteiger partial charge in [-0.25, -0.2) is 4.68 Å². The van der Waals surface area contributed by atoms with E-state index in [9.17, 15) is 4.79 Å². The van der Waals surface area contributed by atoms with Crippen LogP contribution in [0.4, 0.5) is 0 Å². The SMILES string of the molecule is O=C(O)Cc1cccc2nnn(CCC3CCC3)c12. The number of hydrogen-bond donors (Lipinski definition) is 1. The lowest BCUT2D eigenvalue weighted by molar-refractivity contribution is -0.136. The number of carboxylic acid groups (broad SMARTS) is 1. The minimum atomic E-state index is -0.820. The normalized spacial score (nSPS) is 15.6. The van der Waals surface area contributed by atoms with Crippen LogP contribution in [0.15, 0.2) is 18.2 Å². The molecule has 1 aliphatic rings. The molecule has 5 nitrogen and oxygen atoms in total. The Morgan fingerprint density at radius 3 is 2.95 bits per heavy atom. The van der Waals surface area contributed by atoms with Crippen LogP contribution in [0, 0.1) is 5.92 Å². The van der Waals surface area contributed by atoms with E-state index in [1.807, 2.05) is 22.9 Å². The van der Waals surface area contributed by atoms with Crippen molar-refractivity contribution in [1.29, 1.82) is 0 Å². The quantitative estimate of drug-likeness (QED) is 0.894. The van der Waals surface area contributed by atoms with Crippen LogP contribution in [0.25, 0.3) is 11.0 Å². The summed E-state index contributed by atoms with van der Waals surface area (Å²) in [5, 5.41) is 17.3. The van der Waals surface area contributed by atoms with Crippen molar-refractivity contribution < 1.29 is 9.90 Å². The highest BCUT2D eigenvalue weighted by Crippen LogP contribution is 2.30. The van der Waals surface area contributed by atoms with Crippen LogP contribution in [-0.2, 0) is 17.8 Å². The predicted molar refractivity (Wildman–Crippen MR) is 70.8 cm³/mol. The van der Waals surface area contributed by atoms with E-state index in [2.05, 4.69) is 10.3 Å². The molecule has 1 saturated carbocycles. The Morgan fingerprint density at radius 2 is 2.26 bits per heavy atom. The van der Waals surface area contributed by atoms with Gasteiger partial charge in [0.2, 0.25) is 0 Å². The van der Waals surface area contributed by atoms with Gasteiger partial charge in [0.25, 0.3) is 0 Å². The van der Waals surface area contributed by atoms with Gasteiger partial charge in [0, 0.05) is 6.54 Å². The summed E-state index contributed by atoms with van der Waals surface area (Å²) in [5.41, 5.74) is 2.46. The molecule has 5 heteroatoms. The first-order chi connectivity index (χ1) is 9.24. The highest BCUT2D eigenvalue weighted by atomic mass is 16.4. The van der Waals surface area contributed by atoms with Crippen molar-refractivity contribution in [2.45, 2.75) is 38.6 Å². The zero-order chi connectivity index (χ0) is 13.2. The van der Waals surface area contributed by atoms with Crippen molar-refractivity contribution in [2.24, 2.45) is 5.92 Å². The Hall–Kier alpha value is -1.91. The van der Waals surface area contributed by atoms with E-state index in [1.54, 1.807) is 0 Å². The molecule has 0 aliphatic heterocycles. The number of benzene rings is 1. The first kappa shape index (κ1) is 12.1. The smallest absolute Gasteiger partial charge is 0.307 e. The van der Waals surface area contributed by atoms with Crippen molar-refractivity contribution in [3.8, 4) is 0 Å². The van der Waals surface area contributed by atoms with E-state index < -0.39 is 5.97 Å². The molecule has 1 aliphatic carbocycles. The van der Waals surface area contributed by atoms with Crippen LogP contribution in [0.1, 0.15) is 31.2 Å². The zero-order valence-corrected chi connectivity index (χ0v) is 10.7.